The summed E-state index contributed by atoms with van der Waals surface area (Å²) in [5, 5.41) is 5.38. The Labute approximate surface area is 100 Å². The number of rotatable bonds is 4. The smallest absolute Gasteiger partial charge is 0.220 e. The molecule has 0 radical (unpaired) electrons. The Morgan fingerprint density at radius 1 is 1.56 bits per heavy atom. The Bertz CT molecular complexity index is 354. The van der Waals surface area contributed by atoms with E-state index in [4.69, 9.17) is 5.73 Å². The number of aromatic nitrogens is 1. The van der Waals surface area contributed by atoms with Gasteiger partial charge in [0.05, 0.1) is 5.69 Å². The van der Waals surface area contributed by atoms with Gasteiger partial charge in [-0.2, -0.15) is 0 Å². The van der Waals surface area contributed by atoms with E-state index in [1.54, 1.807) is 0 Å². The summed E-state index contributed by atoms with van der Waals surface area (Å²) in [4.78, 5) is 15.6. The monoisotopic (exact) mass is 241 g/mol. The van der Waals surface area contributed by atoms with Crippen LogP contribution in [0.1, 0.15) is 32.9 Å². The minimum Gasteiger partial charge on any atom is -0.375 e. The SMILES string of the molecule is CC(C)(C)CC(=O)NCCc1csc(N)n1. The van der Waals surface area contributed by atoms with Gasteiger partial charge in [-0.15, -0.1) is 11.3 Å². The number of hydrogen-bond acceptors (Lipinski definition) is 4. The average molecular weight is 241 g/mol. The van der Waals surface area contributed by atoms with E-state index in [9.17, 15) is 4.79 Å². The van der Waals surface area contributed by atoms with Crippen LogP contribution in [0.3, 0.4) is 0 Å². The standard InChI is InChI=1S/C11H19N3OS/c1-11(2,3)6-9(15)13-5-4-8-7-16-10(12)14-8/h7H,4-6H2,1-3H3,(H2,12,14)(H,13,15). The minimum absolute atomic E-state index is 0.0368. The van der Waals surface area contributed by atoms with Gasteiger partial charge in [-0.25, -0.2) is 4.98 Å². The van der Waals surface area contributed by atoms with Crippen molar-refractivity contribution in [1.82, 2.24) is 10.3 Å². The van der Waals surface area contributed by atoms with Crippen molar-refractivity contribution in [3.8, 4) is 0 Å². The molecule has 0 aliphatic heterocycles. The van der Waals surface area contributed by atoms with Crippen molar-refractivity contribution in [3.05, 3.63) is 11.1 Å². The molecule has 0 saturated heterocycles. The van der Waals surface area contributed by atoms with Gasteiger partial charge in [0.15, 0.2) is 5.13 Å². The molecule has 0 aliphatic carbocycles. The number of anilines is 1. The lowest BCUT2D eigenvalue weighted by Crippen LogP contribution is -2.29. The second-order valence-corrected chi connectivity index (χ2v) is 5.90. The predicted molar refractivity (Wildman–Crippen MR) is 67.3 cm³/mol. The van der Waals surface area contributed by atoms with E-state index < -0.39 is 0 Å². The highest BCUT2D eigenvalue weighted by atomic mass is 32.1. The molecule has 1 amide bonds. The highest BCUT2D eigenvalue weighted by Crippen LogP contribution is 2.17. The van der Waals surface area contributed by atoms with Crippen molar-refractivity contribution in [2.45, 2.75) is 33.6 Å². The summed E-state index contributed by atoms with van der Waals surface area (Å²) in [5.41, 5.74) is 6.49. The summed E-state index contributed by atoms with van der Waals surface area (Å²) in [6, 6.07) is 0. The number of carbonyl (C=O) groups excluding carboxylic acids is 1. The normalized spacial score (nSPS) is 11.4. The fourth-order valence-corrected chi connectivity index (χ4v) is 1.91. The first-order chi connectivity index (χ1) is 7.37. The molecule has 0 atom stereocenters. The van der Waals surface area contributed by atoms with Crippen LogP contribution in [0.5, 0.6) is 0 Å². The Morgan fingerprint density at radius 3 is 2.75 bits per heavy atom. The summed E-state index contributed by atoms with van der Waals surface area (Å²) in [7, 11) is 0. The first-order valence-electron chi connectivity index (χ1n) is 5.33. The maximum atomic E-state index is 11.5. The van der Waals surface area contributed by atoms with Gasteiger partial charge in [0.25, 0.3) is 0 Å². The Balaban J connectivity index is 2.23. The van der Waals surface area contributed by atoms with Gasteiger partial charge in [0, 0.05) is 24.8 Å². The zero-order valence-electron chi connectivity index (χ0n) is 10.0. The third-order valence-corrected chi connectivity index (χ3v) is 2.69. The van der Waals surface area contributed by atoms with Gasteiger partial charge in [0.1, 0.15) is 0 Å². The molecule has 0 saturated carbocycles. The van der Waals surface area contributed by atoms with Crippen molar-refractivity contribution in [2.24, 2.45) is 5.41 Å². The number of nitrogens with one attached hydrogen (secondary N) is 1. The molecule has 0 fully saturated rings. The molecule has 16 heavy (non-hydrogen) atoms. The van der Waals surface area contributed by atoms with Gasteiger partial charge in [0.2, 0.25) is 5.91 Å². The van der Waals surface area contributed by atoms with Crippen LogP contribution in [-0.4, -0.2) is 17.4 Å². The lowest BCUT2D eigenvalue weighted by Gasteiger charge is -2.17. The Kier molecular flexibility index (Phi) is 4.29. The fraction of sp³-hybridized carbons (Fsp3) is 0.636. The van der Waals surface area contributed by atoms with Gasteiger partial charge in [-0.3, -0.25) is 4.79 Å². The van der Waals surface area contributed by atoms with Crippen LogP contribution in [0.25, 0.3) is 0 Å². The van der Waals surface area contributed by atoms with Crippen LogP contribution in [0.2, 0.25) is 0 Å². The molecule has 5 heteroatoms. The maximum absolute atomic E-state index is 11.5. The molecule has 3 N–H and O–H groups in total. The highest BCUT2D eigenvalue weighted by molar-refractivity contribution is 7.13. The van der Waals surface area contributed by atoms with Gasteiger partial charge >= 0.3 is 0 Å². The van der Waals surface area contributed by atoms with Crippen molar-refractivity contribution in [1.29, 1.82) is 0 Å². The number of amides is 1. The minimum atomic E-state index is 0.0368. The topological polar surface area (TPSA) is 68.0 Å². The second kappa shape index (κ2) is 5.30. The quantitative estimate of drug-likeness (QED) is 0.845. The third-order valence-electron chi connectivity index (χ3n) is 1.96. The van der Waals surface area contributed by atoms with E-state index in [1.165, 1.54) is 11.3 Å². The summed E-state index contributed by atoms with van der Waals surface area (Å²) in [6.07, 6.45) is 1.29. The van der Waals surface area contributed by atoms with Crippen LogP contribution in [0, 0.1) is 5.41 Å². The molecular formula is C11H19N3OS. The van der Waals surface area contributed by atoms with Crippen molar-refractivity contribution in [2.75, 3.05) is 12.3 Å². The zero-order valence-corrected chi connectivity index (χ0v) is 10.9. The third kappa shape index (κ3) is 5.11. The summed E-state index contributed by atoms with van der Waals surface area (Å²) in [5.74, 6) is 0.0932. The molecule has 1 aromatic heterocycles. The van der Waals surface area contributed by atoms with Crippen molar-refractivity contribution < 1.29 is 4.79 Å². The Morgan fingerprint density at radius 2 is 2.25 bits per heavy atom. The molecular weight excluding hydrogens is 222 g/mol. The van der Waals surface area contributed by atoms with E-state index in [2.05, 4.69) is 10.3 Å². The van der Waals surface area contributed by atoms with Crippen LogP contribution < -0.4 is 11.1 Å². The molecule has 0 unspecified atom stereocenters. The maximum Gasteiger partial charge on any atom is 0.220 e. The molecule has 90 valence electrons. The van der Waals surface area contributed by atoms with Gasteiger partial charge in [-0.1, -0.05) is 20.8 Å². The predicted octanol–water partition coefficient (Wildman–Crippen LogP) is 1.82. The number of nitrogens with two attached hydrogens (primary N) is 1. The van der Waals surface area contributed by atoms with Gasteiger partial charge in [-0.05, 0) is 5.41 Å². The molecule has 1 rings (SSSR count). The molecule has 1 aromatic rings. The largest absolute Gasteiger partial charge is 0.375 e. The van der Waals surface area contributed by atoms with Crippen LogP contribution in [-0.2, 0) is 11.2 Å². The molecule has 1 heterocycles. The van der Waals surface area contributed by atoms with Crippen molar-refractivity contribution >= 4 is 22.4 Å². The van der Waals surface area contributed by atoms with Crippen LogP contribution in [0.4, 0.5) is 5.13 Å². The lowest BCUT2D eigenvalue weighted by atomic mass is 9.92. The van der Waals surface area contributed by atoms with Crippen LogP contribution in [0.15, 0.2) is 5.38 Å². The molecule has 4 nitrogen and oxygen atoms in total. The molecule has 0 bridgehead atoms. The number of thiazole rings is 1. The average Bonchev–Trinajstić information content (AvgIpc) is 2.48. The zero-order chi connectivity index (χ0) is 12.2. The lowest BCUT2D eigenvalue weighted by molar-refractivity contribution is -0.122. The highest BCUT2D eigenvalue weighted by Gasteiger charge is 2.15. The number of carbonyl (C=O) groups is 1. The number of hydrogen-bond donors (Lipinski definition) is 2. The van der Waals surface area contributed by atoms with E-state index in [-0.39, 0.29) is 11.3 Å². The second-order valence-electron chi connectivity index (χ2n) is 5.01. The Hall–Kier alpha value is -1.10. The molecule has 0 aliphatic rings. The number of nitrogen functional groups attached to an aromatic ring is 1. The molecule has 0 spiro atoms. The summed E-state index contributed by atoms with van der Waals surface area (Å²) < 4.78 is 0. The van der Waals surface area contributed by atoms with E-state index >= 15 is 0 Å². The first kappa shape index (κ1) is 13.0. The number of nitrogens with zero attached hydrogens (tertiary/aromatic N) is 1. The fourth-order valence-electron chi connectivity index (χ4n) is 1.31. The van der Waals surface area contributed by atoms with Gasteiger partial charge < -0.3 is 11.1 Å². The summed E-state index contributed by atoms with van der Waals surface area (Å²) >= 11 is 1.43. The molecule has 0 aromatic carbocycles. The van der Waals surface area contributed by atoms with E-state index in [0.717, 1.165) is 12.1 Å². The summed E-state index contributed by atoms with van der Waals surface area (Å²) in [6.45, 7) is 6.77. The van der Waals surface area contributed by atoms with Crippen molar-refractivity contribution in [3.63, 3.8) is 0 Å². The first-order valence-corrected chi connectivity index (χ1v) is 6.21. The van der Waals surface area contributed by atoms with E-state index in [0.29, 0.717) is 18.1 Å². The van der Waals surface area contributed by atoms with Crippen LogP contribution >= 0.6 is 11.3 Å². The van der Waals surface area contributed by atoms with E-state index in [1.807, 2.05) is 26.2 Å².